The highest BCUT2D eigenvalue weighted by Gasteiger charge is 2.10. The van der Waals surface area contributed by atoms with E-state index >= 15 is 0 Å². The summed E-state index contributed by atoms with van der Waals surface area (Å²) in [6, 6.07) is 22.5. The van der Waals surface area contributed by atoms with Crippen LogP contribution in [0.5, 0.6) is 0 Å². The molecule has 0 aliphatic carbocycles. The molecule has 7 heteroatoms. The molecule has 0 aliphatic rings. The quantitative estimate of drug-likeness (QED) is 0.644. The van der Waals surface area contributed by atoms with Gasteiger partial charge in [-0.3, -0.25) is 4.79 Å². The van der Waals surface area contributed by atoms with Gasteiger partial charge in [0.25, 0.3) is 5.91 Å². The fourth-order valence-corrected chi connectivity index (χ4v) is 2.84. The molecule has 6 nitrogen and oxygen atoms in total. The molecule has 0 radical (unpaired) electrons. The highest BCUT2D eigenvalue weighted by molar-refractivity contribution is 7.89. The molecular formula is C19H17N3O3S. The number of amides is 1. The summed E-state index contributed by atoms with van der Waals surface area (Å²) in [5.41, 5.74) is 2.83. The largest absolute Gasteiger partial charge is 0.356 e. The fraction of sp³-hybridized carbons (Fsp3) is 0. The molecule has 0 bridgehead atoms. The van der Waals surface area contributed by atoms with Crippen LogP contribution in [-0.2, 0) is 10.0 Å². The van der Waals surface area contributed by atoms with Crippen LogP contribution in [0, 0.1) is 0 Å². The number of para-hydroxylation sites is 1. The average molecular weight is 367 g/mol. The van der Waals surface area contributed by atoms with Gasteiger partial charge in [0.1, 0.15) is 0 Å². The van der Waals surface area contributed by atoms with Gasteiger partial charge in [-0.1, -0.05) is 18.2 Å². The summed E-state index contributed by atoms with van der Waals surface area (Å²) >= 11 is 0. The molecule has 1 amide bonds. The Morgan fingerprint density at radius 1 is 0.731 bits per heavy atom. The Hall–Kier alpha value is -3.16. The number of benzene rings is 3. The lowest BCUT2D eigenvalue weighted by atomic mass is 10.2. The smallest absolute Gasteiger partial charge is 0.255 e. The Morgan fingerprint density at radius 3 is 1.85 bits per heavy atom. The van der Waals surface area contributed by atoms with E-state index in [2.05, 4.69) is 10.6 Å². The normalized spacial score (nSPS) is 11.0. The van der Waals surface area contributed by atoms with E-state index in [1.807, 2.05) is 42.5 Å². The predicted octanol–water partition coefficient (Wildman–Crippen LogP) is 3.33. The molecular weight excluding hydrogens is 350 g/mol. The van der Waals surface area contributed by atoms with Crippen molar-refractivity contribution in [1.29, 1.82) is 0 Å². The summed E-state index contributed by atoms with van der Waals surface area (Å²) in [6.07, 6.45) is 0. The standard InChI is InChI=1S/C19H17N3O3S/c20-26(24,25)18-12-6-14(7-13-18)19(23)22-17-10-8-16(9-11-17)21-15-4-2-1-3-5-15/h1-13,21H,(H,22,23)(H2,20,24,25). The van der Waals surface area contributed by atoms with Crippen LogP contribution < -0.4 is 15.8 Å². The maximum absolute atomic E-state index is 12.2. The van der Waals surface area contributed by atoms with Crippen molar-refractivity contribution < 1.29 is 13.2 Å². The van der Waals surface area contributed by atoms with Crippen molar-refractivity contribution in [2.24, 2.45) is 5.14 Å². The van der Waals surface area contributed by atoms with Crippen molar-refractivity contribution in [2.45, 2.75) is 4.90 Å². The third kappa shape index (κ3) is 4.47. The molecule has 0 aromatic heterocycles. The van der Waals surface area contributed by atoms with Crippen molar-refractivity contribution in [2.75, 3.05) is 10.6 Å². The summed E-state index contributed by atoms with van der Waals surface area (Å²) in [7, 11) is -3.77. The van der Waals surface area contributed by atoms with Gasteiger partial charge >= 0.3 is 0 Å². The highest BCUT2D eigenvalue weighted by Crippen LogP contribution is 2.19. The number of nitrogens with one attached hydrogen (secondary N) is 2. The molecule has 0 aliphatic heterocycles. The average Bonchev–Trinajstić information content (AvgIpc) is 2.63. The molecule has 4 N–H and O–H groups in total. The Balaban J connectivity index is 1.66. The summed E-state index contributed by atoms with van der Waals surface area (Å²) < 4.78 is 22.5. The van der Waals surface area contributed by atoms with E-state index in [1.165, 1.54) is 24.3 Å². The topological polar surface area (TPSA) is 101 Å². The molecule has 26 heavy (non-hydrogen) atoms. The van der Waals surface area contributed by atoms with E-state index in [9.17, 15) is 13.2 Å². The maximum Gasteiger partial charge on any atom is 0.255 e. The number of sulfonamides is 1. The minimum atomic E-state index is -3.77. The Bertz CT molecular complexity index is 1000. The minimum Gasteiger partial charge on any atom is -0.356 e. The summed E-state index contributed by atoms with van der Waals surface area (Å²) in [4.78, 5) is 12.2. The van der Waals surface area contributed by atoms with Crippen LogP contribution in [0.25, 0.3) is 0 Å². The summed E-state index contributed by atoms with van der Waals surface area (Å²) in [5.74, 6) is -0.338. The Labute approximate surface area is 151 Å². The molecule has 0 fully saturated rings. The second-order valence-corrected chi connectivity index (χ2v) is 7.15. The Kier molecular flexibility index (Phi) is 5.01. The van der Waals surface area contributed by atoms with Gasteiger partial charge in [-0.25, -0.2) is 13.6 Å². The van der Waals surface area contributed by atoms with E-state index in [-0.39, 0.29) is 10.8 Å². The minimum absolute atomic E-state index is 0.0367. The lowest BCUT2D eigenvalue weighted by Gasteiger charge is -2.09. The van der Waals surface area contributed by atoms with E-state index in [1.54, 1.807) is 12.1 Å². The lowest BCUT2D eigenvalue weighted by molar-refractivity contribution is 0.102. The van der Waals surface area contributed by atoms with Crippen LogP contribution in [0.2, 0.25) is 0 Å². The third-order valence-corrected chi connectivity index (χ3v) is 4.58. The van der Waals surface area contributed by atoms with Gasteiger partial charge in [0.2, 0.25) is 10.0 Å². The number of primary sulfonamides is 1. The molecule has 0 saturated carbocycles. The molecule has 0 unspecified atom stereocenters. The van der Waals surface area contributed by atoms with Gasteiger partial charge in [0.05, 0.1) is 4.90 Å². The third-order valence-electron chi connectivity index (χ3n) is 3.65. The highest BCUT2D eigenvalue weighted by atomic mass is 32.2. The Morgan fingerprint density at radius 2 is 1.27 bits per heavy atom. The first kappa shape index (κ1) is 17.7. The number of hydrogen-bond acceptors (Lipinski definition) is 4. The first-order chi connectivity index (χ1) is 12.4. The maximum atomic E-state index is 12.2. The van der Waals surface area contributed by atoms with Crippen LogP contribution in [-0.4, -0.2) is 14.3 Å². The number of hydrogen-bond donors (Lipinski definition) is 3. The molecule has 3 aromatic carbocycles. The second kappa shape index (κ2) is 7.38. The zero-order chi connectivity index (χ0) is 18.6. The molecule has 132 valence electrons. The zero-order valence-electron chi connectivity index (χ0n) is 13.7. The van der Waals surface area contributed by atoms with E-state index < -0.39 is 10.0 Å². The van der Waals surface area contributed by atoms with Crippen molar-refractivity contribution in [3.05, 3.63) is 84.4 Å². The molecule has 3 rings (SSSR count). The van der Waals surface area contributed by atoms with Crippen molar-refractivity contribution in [1.82, 2.24) is 0 Å². The van der Waals surface area contributed by atoms with Crippen molar-refractivity contribution in [3.8, 4) is 0 Å². The molecule has 0 saturated heterocycles. The molecule has 0 spiro atoms. The van der Waals surface area contributed by atoms with E-state index in [4.69, 9.17) is 5.14 Å². The fourth-order valence-electron chi connectivity index (χ4n) is 2.32. The number of anilines is 3. The molecule has 0 atom stereocenters. The number of carbonyl (C=O) groups excluding carboxylic acids is 1. The van der Waals surface area contributed by atoms with Gasteiger partial charge < -0.3 is 10.6 Å². The number of carbonyl (C=O) groups is 1. The summed E-state index contributed by atoms with van der Waals surface area (Å²) in [6.45, 7) is 0. The lowest BCUT2D eigenvalue weighted by Crippen LogP contribution is -2.14. The van der Waals surface area contributed by atoms with Crippen molar-refractivity contribution >= 4 is 33.0 Å². The van der Waals surface area contributed by atoms with E-state index in [0.29, 0.717) is 11.3 Å². The van der Waals surface area contributed by atoms with Gasteiger partial charge in [-0.05, 0) is 60.7 Å². The molecule has 0 heterocycles. The summed E-state index contributed by atoms with van der Waals surface area (Å²) in [5, 5.41) is 11.1. The van der Waals surface area contributed by atoms with Crippen LogP contribution in [0.3, 0.4) is 0 Å². The van der Waals surface area contributed by atoms with Crippen LogP contribution >= 0.6 is 0 Å². The van der Waals surface area contributed by atoms with Gasteiger partial charge in [-0.2, -0.15) is 0 Å². The van der Waals surface area contributed by atoms with Gasteiger partial charge in [0.15, 0.2) is 0 Å². The monoisotopic (exact) mass is 367 g/mol. The zero-order valence-corrected chi connectivity index (χ0v) is 14.5. The first-order valence-corrected chi connectivity index (χ1v) is 9.33. The molecule has 3 aromatic rings. The van der Waals surface area contributed by atoms with E-state index in [0.717, 1.165) is 11.4 Å². The number of nitrogens with two attached hydrogens (primary N) is 1. The second-order valence-electron chi connectivity index (χ2n) is 5.59. The SMILES string of the molecule is NS(=O)(=O)c1ccc(C(=O)Nc2ccc(Nc3ccccc3)cc2)cc1. The van der Waals surface area contributed by atoms with Crippen LogP contribution in [0.15, 0.2) is 83.8 Å². The van der Waals surface area contributed by atoms with Crippen LogP contribution in [0.4, 0.5) is 17.1 Å². The van der Waals surface area contributed by atoms with Gasteiger partial charge in [0, 0.05) is 22.6 Å². The first-order valence-electron chi connectivity index (χ1n) is 7.78. The van der Waals surface area contributed by atoms with Crippen molar-refractivity contribution in [3.63, 3.8) is 0 Å². The van der Waals surface area contributed by atoms with Gasteiger partial charge in [-0.15, -0.1) is 0 Å². The predicted molar refractivity (Wildman–Crippen MR) is 102 cm³/mol. The number of rotatable bonds is 5. The van der Waals surface area contributed by atoms with Crippen LogP contribution in [0.1, 0.15) is 10.4 Å².